The van der Waals surface area contributed by atoms with Gasteiger partial charge in [0.1, 0.15) is 5.76 Å². The predicted molar refractivity (Wildman–Crippen MR) is 63.1 cm³/mol. The Morgan fingerprint density at radius 2 is 2.31 bits per heavy atom. The lowest BCUT2D eigenvalue weighted by molar-refractivity contribution is 0.311. The summed E-state index contributed by atoms with van der Waals surface area (Å²) >= 11 is 0. The topological polar surface area (TPSA) is 28.4 Å². The molecule has 1 atom stereocenters. The van der Waals surface area contributed by atoms with Crippen molar-refractivity contribution >= 4 is 0 Å². The van der Waals surface area contributed by atoms with E-state index in [2.05, 4.69) is 10.2 Å². The molecule has 2 aliphatic rings. The van der Waals surface area contributed by atoms with Gasteiger partial charge in [0, 0.05) is 12.6 Å². The van der Waals surface area contributed by atoms with E-state index in [1.54, 1.807) is 6.26 Å². The van der Waals surface area contributed by atoms with Gasteiger partial charge in [0.15, 0.2) is 0 Å². The third-order valence-electron chi connectivity index (χ3n) is 3.69. The van der Waals surface area contributed by atoms with Gasteiger partial charge in [-0.1, -0.05) is 0 Å². The van der Waals surface area contributed by atoms with Gasteiger partial charge in [-0.2, -0.15) is 0 Å². The average molecular weight is 220 g/mol. The Hall–Kier alpha value is -0.800. The van der Waals surface area contributed by atoms with E-state index in [0.717, 1.165) is 30.8 Å². The molecule has 3 heteroatoms. The zero-order valence-corrected chi connectivity index (χ0v) is 9.69. The highest BCUT2D eigenvalue weighted by Crippen LogP contribution is 2.31. The Morgan fingerprint density at radius 1 is 1.38 bits per heavy atom. The Kier molecular flexibility index (Phi) is 2.98. The first-order valence-electron chi connectivity index (χ1n) is 6.39. The minimum atomic E-state index is 0.843. The molecule has 88 valence electrons. The van der Waals surface area contributed by atoms with Crippen LogP contribution in [0.3, 0.4) is 0 Å². The van der Waals surface area contributed by atoms with E-state index in [0.29, 0.717) is 0 Å². The molecule has 0 spiro atoms. The SMILES string of the molecule is c1coc(CNCC2CCN(C3CC3)C2)c1. The largest absolute Gasteiger partial charge is 0.468 e. The van der Waals surface area contributed by atoms with Gasteiger partial charge in [0.05, 0.1) is 12.8 Å². The maximum atomic E-state index is 5.29. The molecule has 2 fully saturated rings. The second-order valence-electron chi connectivity index (χ2n) is 5.09. The van der Waals surface area contributed by atoms with Crippen molar-refractivity contribution in [3.63, 3.8) is 0 Å². The number of furan rings is 1. The molecule has 0 bridgehead atoms. The van der Waals surface area contributed by atoms with Gasteiger partial charge < -0.3 is 14.6 Å². The van der Waals surface area contributed by atoms with Crippen molar-refractivity contribution in [2.45, 2.75) is 31.8 Å². The first-order valence-corrected chi connectivity index (χ1v) is 6.39. The highest BCUT2D eigenvalue weighted by Gasteiger charge is 2.33. The molecule has 1 N–H and O–H groups in total. The van der Waals surface area contributed by atoms with Crippen LogP contribution >= 0.6 is 0 Å². The monoisotopic (exact) mass is 220 g/mol. The standard InChI is InChI=1S/C13H20N2O/c1-2-13(16-7-1)9-14-8-11-5-6-15(10-11)12-3-4-12/h1-2,7,11-12,14H,3-6,8-10H2. The summed E-state index contributed by atoms with van der Waals surface area (Å²) in [4.78, 5) is 2.67. The highest BCUT2D eigenvalue weighted by molar-refractivity contribution is 4.97. The van der Waals surface area contributed by atoms with Crippen molar-refractivity contribution in [3.05, 3.63) is 24.2 Å². The van der Waals surface area contributed by atoms with Crippen LogP contribution in [0.2, 0.25) is 0 Å². The zero-order chi connectivity index (χ0) is 10.8. The fraction of sp³-hybridized carbons (Fsp3) is 0.692. The number of nitrogens with one attached hydrogen (secondary N) is 1. The van der Waals surface area contributed by atoms with Crippen LogP contribution in [-0.4, -0.2) is 30.6 Å². The van der Waals surface area contributed by atoms with Crippen LogP contribution in [0.5, 0.6) is 0 Å². The average Bonchev–Trinajstić information content (AvgIpc) is 2.83. The van der Waals surface area contributed by atoms with E-state index < -0.39 is 0 Å². The number of rotatable bonds is 5. The second kappa shape index (κ2) is 4.60. The molecule has 1 unspecified atom stereocenters. The summed E-state index contributed by atoms with van der Waals surface area (Å²) in [6.45, 7) is 4.62. The Labute approximate surface area is 96.8 Å². The van der Waals surface area contributed by atoms with E-state index in [1.807, 2.05) is 12.1 Å². The Morgan fingerprint density at radius 3 is 3.06 bits per heavy atom. The van der Waals surface area contributed by atoms with E-state index in [4.69, 9.17) is 4.42 Å². The molecule has 3 rings (SSSR count). The van der Waals surface area contributed by atoms with Gasteiger partial charge in [-0.25, -0.2) is 0 Å². The molecule has 1 aliphatic heterocycles. The molecule has 0 radical (unpaired) electrons. The molecule has 1 aromatic heterocycles. The molecule has 3 nitrogen and oxygen atoms in total. The smallest absolute Gasteiger partial charge is 0.117 e. The lowest BCUT2D eigenvalue weighted by Gasteiger charge is -2.14. The van der Waals surface area contributed by atoms with Crippen molar-refractivity contribution < 1.29 is 4.42 Å². The van der Waals surface area contributed by atoms with Crippen molar-refractivity contribution in [2.75, 3.05) is 19.6 Å². The fourth-order valence-electron chi connectivity index (χ4n) is 2.61. The van der Waals surface area contributed by atoms with Gasteiger partial charge in [-0.05, 0) is 50.4 Å². The molecule has 0 amide bonds. The van der Waals surface area contributed by atoms with Crippen molar-refractivity contribution in [2.24, 2.45) is 5.92 Å². The minimum absolute atomic E-state index is 0.843. The number of nitrogens with zero attached hydrogens (tertiary/aromatic N) is 1. The van der Waals surface area contributed by atoms with Crippen LogP contribution in [-0.2, 0) is 6.54 Å². The van der Waals surface area contributed by atoms with Gasteiger partial charge in [0.2, 0.25) is 0 Å². The number of hydrogen-bond acceptors (Lipinski definition) is 3. The van der Waals surface area contributed by atoms with Crippen LogP contribution in [0, 0.1) is 5.92 Å². The lowest BCUT2D eigenvalue weighted by atomic mass is 10.1. The molecule has 16 heavy (non-hydrogen) atoms. The second-order valence-corrected chi connectivity index (χ2v) is 5.09. The van der Waals surface area contributed by atoms with Crippen molar-refractivity contribution in [3.8, 4) is 0 Å². The summed E-state index contributed by atoms with van der Waals surface area (Å²) in [6, 6.07) is 4.91. The molecule has 1 aliphatic carbocycles. The van der Waals surface area contributed by atoms with Crippen LogP contribution in [0.1, 0.15) is 25.0 Å². The number of likely N-dealkylation sites (tertiary alicyclic amines) is 1. The van der Waals surface area contributed by atoms with Gasteiger partial charge in [0.25, 0.3) is 0 Å². The normalized spacial score (nSPS) is 26.4. The molecule has 2 heterocycles. The minimum Gasteiger partial charge on any atom is -0.468 e. The Bertz CT molecular complexity index is 319. The summed E-state index contributed by atoms with van der Waals surface area (Å²) in [7, 11) is 0. The van der Waals surface area contributed by atoms with Gasteiger partial charge in [-0.15, -0.1) is 0 Å². The third-order valence-corrected chi connectivity index (χ3v) is 3.69. The summed E-state index contributed by atoms with van der Waals surface area (Å²) in [5.74, 6) is 1.88. The maximum absolute atomic E-state index is 5.29. The van der Waals surface area contributed by atoms with E-state index in [1.165, 1.54) is 32.4 Å². The summed E-state index contributed by atoms with van der Waals surface area (Å²) in [5, 5.41) is 3.49. The third kappa shape index (κ3) is 2.47. The first kappa shape index (κ1) is 10.4. The first-order chi connectivity index (χ1) is 7.92. The van der Waals surface area contributed by atoms with Crippen molar-refractivity contribution in [1.82, 2.24) is 10.2 Å². The van der Waals surface area contributed by atoms with Crippen LogP contribution in [0.4, 0.5) is 0 Å². The van der Waals surface area contributed by atoms with E-state index in [-0.39, 0.29) is 0 Å². The van der Waals surface area contributed by atoms with Crippen LogP contribution in [0.25, 0.3) is 0 Å². The molecule has 1 saturated carbocycles. The Balaban J connectivity index is 1.36. The van der Waals surface area contributed by atoms with Gasteiger partial charge >= 0.3 is 0 Å². The van der Waals surface area contributed by atoms with Gasteiger partial charge in [-0.3, -0.25) is 0 Å². The number of hydrogen-bond donors (Lipinski definition) is 1. The van der Waals surface area contributed by atoms with Crippen LogP contribution in [0.15, 0.2) is 22.8 Å². The summed E-state index contributed by atoms with van der Waals surface area (Å²) < 4.78 is 5.29. The van der Waals surface area contributed by atoms with Crippen molar-refractivity contribution in [1.29, 1.82) is 0 Å². The summed E-state index contributed by atoms with van der Waals surface area (Å²) in [5.41, 5.74) is 0. The van der Waals surface area contributed by atoms with E-state index in [9.17, 15) is 0 Å². The van der Waals surface area contributed by atoms with Crippen LogP contribution < -0.4 is 5.32 Å². The predicted octanol–water partition coefficient (Wildman–Crippen LogP) is 1.85. The fourth-order valence-corrected chi connectivity index (χ4v) is 2.61. The summed E-state index contributed by atoms with van der Waals surface area (Å²) in [6.07, 6.45) is 5.97. The quantitative estimate of drug-likeness (QED) is 0.821. The van der Waals surface area contributed by atoms with E-state index >= 15 is 0 Å². The molecular formula is C13H20N2O. The molecule has 1 saturated heterocycles. The highest BCUT2D eigenvalue weighted by atomic mass is 16.3. The zero-order valence-electron chi connectivity index (χ0n) is 9.69. The molecule has 1 aromatic rings. The lowest BCUT2D eigenvalue weighted by Crippen LogP contribution is -2.27. The molecule has 0 aromatic carbocycles. The maximum Gasteiger partial charge on any atom is 0.117 e. The molecular weight excluding hydrogens is 200 g/mol.